The van der Waals surface area contributed by atoms with Crippen molar-refractivity contribution in [1.82, 2.24) is 15.2 Å². The zero-order valence-electron chi connectivity index (χ0n) is 18.0. The summed E-state index contributed by atoms with van der Waals surface area (Å²) in [7, 11) is 0. The zero-order valence-corrected chi connectivity index (χ0v) is 22.7. The van der Waals surface area contributed by atoms with Crippen LogP contribution in [0.2, 0.25) is 9.36 Å². The maximum Gasteiger partial charge on any atom is 0.322 e. The number of aliphatic carboxylic acids is 1. The van der Waals surface area contributed by atoms with Gasteiger partial charge < -0.3 is 30.7 Å². The number of hydrogen-bond acceptors (Lipinski definition) is 13. The number of nitrogens with zero attached hydrogens (tertiary/aromatic N) is 3. The van der Waals surface area contributed by atoms with Gasteiger partial charge in [0.25, 0.3) is 5.91 Å². The van der Waals surface area contributed by atoms with E-state index in [-0.39, 0.29) is 38.1 Å². The number of rotatable bonds is 6. The van der Waals surface area contributed by atoms with Crippen molar-refractivity contribution < 1.29 is 29.1 Å². The quantitative estimate of drug-likeness (QED) is 0.137. The predicted molar refractivity (Wildman–Crippen MR) is 141 cm³/mol. The lowest BCUT2D eigenvalue weighted by Gasteiger charge is -2.53. The van der Waals surface area contributed by atoms with Crippen LogP contribution in [-0.4, -0.2) is 72.2 Å². The lowest BCUT2D eigenvalue weighted by atomic mass is 10.0. The van der Waals surface area contributed by atoms with E-state index in [4.69, 9.17) is 33.4 Å². The average Bonchev–Trinajstić information content (AvgIpc) is 3.46. The van der Waals surface area contributed by atoms with Crippen LogP contribution in [0.25, 0.3) is 10.3 Å². The molecular formula is C19H13Cl2N5O7S4. The molecule has 2 aliphatic rings. The number of fused-ring (bicyclic) bond motifs is 2. The van der Waals surface area contributed by atoms with Crippen LogP contribution >= 0.6 is 69.4 Å². The number of furan rings is 1. The molecule has 12 nitrogen and oxygen atoms in total. The van der Waals surface area contributed by atoms with Gasteiger partial charge in [0.1, 0.15) is 31.2 Å². The molecule has 18 heteroatoms. The molecule has 2 unspecified atom stereocenters. The van der Waals surface area contributed by atoms with Gasteiger partial charge in [-0.25, -0.2) is 4.98 Å². The fraction of sp³-hybridized carbons (Fsp3) is 0.263. The van der Waals surface area contributed by atoms with Crippen molar-refractivity contribution >= 4 is 108 Å². The SMILES string of the molecule is Nc1nc(C(=NO)C(=O)NC2C(=O)N3CC(Sc4sc5ccoc5c(=O)c4Cl)(C(=O)O)CS[C@H]23)c(Cl)s1. The highest BCUT2D eigenvalue weighted by Gasteiger charge is 2.58. The highest BCUT2D eigenvalue weighted by atomic mass is 35.5. The Hall–Kier alpha value is -2.50. The van der Waals surface area contributed by atoms with Crippen LogP contribution in [0.15, 0.2) is 30.9 Å². The summed E-state index contributed by atoms with van der Waals surface area (Å²) in [4.78, 5) is 55.8. The minimum absolute atomic E-state index is 0.0342. The van der Waals surface area contributed by atoms with Crippen molar-refractivity contribution in [2.75, 3.05) is 18.0 Å². The number of hydrogen-bond donors (Lipinski definition) is 4. The molecule has 5 heterocycles. The highest BCUT2D eigenvalue weighted by Crippen LogP contribution is 2.49. The number of carbonyl (C=O) groups excluding carboxylic acids is 2. The van der Waals surface area contributed by atoms with E-state index in [1.54, 1.807) is 6.07 Å². The molecule has 3 aromatic heterocycles. The number of anilines is 1. The van der Waals surface area contributed by atoms with Gasteiger partial charge in [-0.05, 0) is 6.07 Å². The molecule has 3 aromatic rings. The molecule has 0 radical (unpaired) electrons. The number of carboxylic acid groups (broad SMARTS) is 1. The molecular weight excluding hydrogens is 609 g/mol. The lowest BCUT2D eigenvalue weighted by Crippen LogP contribution is -2.74. The number of thioether (sulfide) groups is 2. The average molecular weight is 623 g/mol. The molecule has 0 bridgehead atoms. The van der Waals surface area contributed by atoms with E-state index in [2.05, 4.69) is 15.5 Å². The van der Waals surface area contributed by atoms with Crippen molar-refractivity contribution in [3.05, 3.63) is 37.6 Å². The Bertz CT molecular complexity index is 1560. The number of amides is 2. The van der Waals surface area contributed by atoms with E-state index in [9.17, 15) is 29.5 Å². The van der Waals surface area contributed by atoms with Gasteiger partial charge in [0, 0.05) is 12.3 Å². The molecule has 2 aliphatic heterocycles. The molecule has 0 saturated carbocycles. The van der Waals surface area contributed by atoms with Gasteiger partial charge in [-0.3, -0.25) is 19.2 Å². The third-order valence-corrected chi connectivity index (χ3v) is 11.6. The summed E-state index contributed by atoms with van der Waals surface area (Å²) >= 11 is 16.3. The van der Waals surface area contributed by atoms with E-state index in [1.807, 2.05) is 0 Å². The molecule has 3 atom stereocenters. The van der Waals surface area contributed by atoms with E-state index in [0.29, 0.717) is 8.91 Å². The van der Waals surface area contributed by atoms with Gasteiger partial charge in [-0.2, -0.15) is 0 Å². The van der Waals surface area contributed by atoms with Gasteiger partial charge in [0.05, 0.1) is 15.2 Å². The summed E-state index contributed by atoms with van der Waals surface area (Å²) in [6.07, 6.45) is 1.35. The van der Waals surface area contributed by atoms with Crippen molar-refractivity contribution in [3.8, 4) is 0 Å². The highest BCUT2D eigenvalue weighted by molar-refractivity contribution is 8.06. The standard InChI is InChI=1S/C19H13Cl2N5O7S4/c20-6-10(27)11-5(1-2-33-11)35-16(6)37-19(17(30)31)3-26-14(29)9(15(26)34-4-19)23-13(28)8(25-32)7-12(21)36-18(22)24-7/h1-2,9,15,32H,3-4H2,(H2,22,24)(H,23,28)(H,30,31)/t9?,15-,19?/m1/s1. The number of nitrogen functional groups attached to an aromatic ring is 1. The Kier molecular flexibility index (Phi) is 6.82. The zero-order chi connectivity index (χ0) is 26.6. The normalized spacial score (nSPS) is 23.6. The molecule has 0 aromatic carbocycles. The van der Waals surface area contributed by atoms with Crippen molar-refractivity contribution in [1.29, 1.82) is 0 Å². The maximum atomic E-state index is 12.9. The molecule has 2 fully saturated rings. The molecule has 2 amide bonds. The molecule has 194 valence electrons. The van der Waals surface area contributed by atoms with E-state index in [1.165, 1.54) is 11.2 Å². The van der Waals surface area contributed by atoms with E-state index < -0.39 is 45.1 Å². The van der Waals surface area contributed by atoms with Crippen LogP contribution in [0.1, 0.15) is 5.69 Å². The maximum absolute atomic E-state index is 12.9. The third-order valence-electron chi connectivity index (χ3n) is 5.58. The first-order valence-corrected chi connectivity index (χ1v) is 14.3. The van der Waals surface area contributed by atoms with Crippen LogP contribution in [-0.2, 0) is 14.4 Å². The Balaban J connectivity index is 1.34. The summed E-state index contributed by atoms with van der Waals surface area (Å²) < 4.78 is 4.51. The first-order valence-electron chi connectivity index (χ1n) is 10.1. The molecule has 0 spiro atoms. The van der Waals surface area contributed by atoms with Crippen molar-refractivity contribution in [2.24, 2.45) is 5.16 Å². The number of nitrogens with one attached hydrogen (secondary N) is 1. The van der Waals surface area contributed by atoms with Crippen molar-refractivity contribution in [2.45, 2.75) is 20.4 Å². The number of carbonyl (C=O) groups is 3. The van der Waals surface area contributed by atoms with Crippen LogP contribution in [0.5, 0.6) is 0 Å². The van der Waals surface area contributed by atoms with Gasteiger partial charge >= 0.3 is 5.97 Å². The van der Waals surface area contributed by atoms with Gasteiger partial charge in [-0.15, -0.1) is 23.1 Å². The van der Waals surface area contributed by atoms with E-state index in [0.717, 1.165) is 46.2 Å². The first kappa shape index (κ1) is 26.1. The molecule has 0 aliphatic carbocycles. The first-order chi connectivity index (χ1) is 17.6. The number of thiazole rings is 1. The Labute approximate surface area is 232 Å². The minimum Gasteiger partial charge on any atom is -0.480 e. The minimum atomic E-state index is -1.50. The Morgan fingerprint density at radius 1 is 1.35 bits per heavy atom. The number of carboxylic acids is 1. The Morgan fingerprint density at radius 2 is 2.11 bits per heavy atom. The lowest BCUT2D eigenvalue weighted by molar-refractivity contribution is -0.151. The predicted octanol–water partition coefficient (Wildman–Crippen LogP) is 2.39. The topological polar surface area (TPSA) is 188 Å². The number of halogens is 2. The second kappa shape index (κ2) is 9.67. The Morgan fingerprint density at radius 3 is 2.76 bits per heavy atom. The van der Waals surface area contributed by atoms with Gasteiger partial charge in [0.2, 0.25) is 11.3 Å². The smallest absolute Gasteiger partial charge is 0.322 e. The van der Waals surface area contributed by atoms with Crippen LogP contribution in [0, 0.1) is 0 Å². The fourth-order valence-corrected chi connectivity index (χ4v) is 9.34. The monoisotopic (exact) mass is 621 g/mol. The third kappa shape index (κ3) is 4.34. The number of nitrogens with two attached hydrogens (primary N) is 1. The molecule has 2 saturated heterocycles. The van der Waals surface area contributed by atoms with Crippen molar-refractivity contribution in [3.63, 3.8) is 0 Å². The summed E-state index contributed by atoms with van der Waals surface area (Å²) in [6, 6.07) is 0.590. The number of oxime groups is 1. The molecule has 37 heavy (non-hydrogen) atoms. The summed E-state index contributed by atoms with van der Waals surface area (Å²) in [5.41, 5.74) is 4.48. The summed E-state index contributed by atoms with van der Waals surface area (Å²) in [6.45, 7) is -0.189. The molecule has 5 N–H and O–H groups in total. The van der Waals surface area contributed by atoms with Crippen LogP contribution in [0.3, 0.4) is 0 Å². The van der Waals surface area contributed by atoms with Gasteiger partial charge in [-0.1, -0.05) is 51.5 Å². The van der Waals surface area contributed by atoms with Crippen LogP contribution in [0.4, 0.5) is 5.13 Å². The largest absolute Gasteiger partial charge is 0.480 e. The summed E-state index contributed by atoms with van der Waals surface area (Å²) in [5.74, 6) is -2.56. The summed E-state index contributed by atoms with van der Waals surface area (Å²) in [5, 5.41) is 24.2. The molecule has 5 rings (SSSR count). The number of β-lactam (4-membered cyclic amide) rings is 1. The van der Waals surface area contributed by atoms with Crippen LogP contribution < -0.4 is 16.5 Å². The number of aromatic nitrogens is 1. The second-order valence-electron chi connectivity index (χ2n) is 7.79. The second-order valence-corrected chi connectivity index (χ2v) is 13.6. The fourth-order valence-electron chi connectivity index (χ4n) is 3.78. The van der Waals surface area contributed by atoms with Gasteiger partial charge in [0.15, 0.2) is 16.4 Å². The van der Waals surface area contributed by atoms with E-state index >= 15 is 0 Å².